The number of anilines is 6. The van der Waals surface area contributed by atoms with E-state index in [1.165, 1.54) is 22.3 Å². The second-order valence-corrected chi connectivity index (χ2v) is 12.3. The number of alkyl halides is 1. The maximum Gasteiger partial charge on any atom is 0.0462 e. The SMILES string of the molecule is Cc1ccc(N(c2ccccc2)c2ccc(-c3ccc(N(c4ccccc4)c4ccc(C(C)I)cc4)cc3)cc2)cc1. The summed E-state index contributed by atoms with van der Waals surface area (Å²) in [6.07, 6.45) is 0. The van der Waals surface area contributed by atoms with Crippen molar-refractivity contribution in [2.24, 2.45) is 0 Å². The lowest BCUT2D eigenvalue weighted by Crippen LogP contribution is -2.10. The molecule has 0 aliphatic carbocycles. The number of nitrogens with zero attached hydrogens (tertiary/aromatic N) is 2. The maximum absolute atomic E-state index is 2.47. The highest BCUT2D eigenvalue weighted by Gasteiger charge is 2.15. The van der Waals surface area contributed by atoms with Gasteiger partial charge in [-0.05, 0) is 103 Å². The largest absolute Gasteiger partial charge is 0.311 e. The van der Waals surface area contributed by atoms with Crippen LogP contribution in [0.4, 0.5) is 34.1 Å². The molecule has 0 saturated carbocycles. The van der Waals surface area contributed by atoms with Crippen molar-refractivity contribution in [3.8, 4) is 11.1 Å². The van der Waals surface area contributed by atoms with Gasteiger partial charge in [0.2, 0.25) is 0 Å². The summed E-state index contributed by atoms with van der Waals surface area (Å²) in [5.41, 5.74) is 11.8. The van der Waals surface area contributed by atoms with E-state index in [0.717, 1.165) is 34.1 Å². The molecule has 42 heavy (non-hydrogen) atoms. The van der Waals surface area contributed by atoms with Gasteiger partial charge in [0.25, 0.3) is 0 Å². The van der Waals surface area contributed by atoms with Crippen LogP contribution < -0.4 is 9.80 Å². The number of hydrogen-bond acceptors (Lipinski definition) is 2. The van der Waals surface area contributed by atoms with Crippen LogP contribution in [0.5, 0.6) is 0 Å². The van der Waals surface area contributed by atoms with Crippen LogP contribution in [0.3, 0.4) is 0 Å². The molecule has 0 spiro atoms. The zero-order valence-corrected chi connectivity index (χ0v) is 26.0. The Labute approximate surface area is 263 Å². The summed E-state index contributed by atoms with van der Waals surface area (Å²) in [7, 11) is 0. The fourth-order valence-electron chi connectivity index (χ4n) is 5.24. The molecular weight excluding hydrogens is 623 g/mol. The van der Waals surface area contributed by atoms with Crippen molar-refractivity contribution >= 4 is 56.7 Å². The minimum Gasteiger partial charge on any atom is -0.311 e. The quantitative estimate of drug-likeness (QED) is 0.119. The zero-order valence-electron chi connectivity index (χ0n) is 23.9. The fraction of sp³-hybridized carbons (Fsp3) is 0.0769. The van der Waals surface area contributed by atoms with E-state index in [4.69, 9.17) is 0 Å². The lowest BCUT2D eigenvalue weighted by Gasteiger charge is -2.26. The van der Waals surface area contributed by atoms with Gasteiger partial charge in [0, 0.05) is 38.0 Å². The number of aryl methyl sites for hydroxylation is 1. The molecule has 1 unspecified atom stereocenters. The van der Waals surface area contributed by atoms with Gasteiger partial charge in [0.1, 0.15) is 0 Å². The molecule has 0 bridgehead atoms. The van der Waals surface area contributed by atoms with Gasteiger partial charge in [0.05, 0.1) is 0 Å². The first-order chi connectivity index (χ1) is 20.6. The van der Waals surface area contributed by atoms with Crippen LogP contribution in [0.1, 0.15) is 22.0 Å². The van der Waals surface area contributed by atoms with Crippen molar-refractivity contribution in [2.75, 3.05) is 9.80 Å². The van der Waals surface area contributed by atoms with Crippen LogP contribution in [0.2, 0.25) is 0 Å². The summed E-state index contributed by atoms with van der Waals surface area (Å²) < 4.78 is 0.476. The van der Waals surface area contributed by atoms with Crippen molar-refractivity contribution in [2.45, 2.75) is 17.8 Å². The van der Waals surface area contributed by atoms with E-state index >= 15 is 0 Å². The van der Waals surface area contributed by atoms with Gasteiger partial charge in [-0.1, -0.05) is 113 Å². The smallest absolute Gasteiger partial charge is 0.0462 e. The molecule has 6 aromatic carbocycles. The van der Waals surface area contributed by atoms with E-state index in [2.05, 4.69) is 204 Å². The van der Waals surface area contributed by atoms with Gasteiger partial charge in [-0.3, -0.25) is 0 Å². The van der Waals surface area contributed by atoms with Gasteiger partial charge in [-0.2, -0.15) is 0 Å². The molecule has 3 heteroatoms. The second kappa shape index (κ2) is 12.7. The Bertz CT molecular complexity index is 1710. The van der Waals surface area contributed by atoms with Crippen molar-refractivity contribution in [1.82, 2.24) is 0 Å². The molecule has 0 saturated heterocycles. The summed E-state index contributed by atoms with van der Waals surface area (Å²) >= 11 is 2.47. The Morgan fingerprint density at radius 3 is 1.07 bits per heavy atom. The van der Waals surface area contributed by atoms with Crippen LogP contribution >= 0.6 is 22.6 Å². The van der Waals surface area contributed by atoms with Crippen LogP contribution in [0.15, 0.2) is 158 Å². The standard InChI is InChI=1S/C39H33IN2/c1-29-13-21-36(22-14-29)41(34-9-5-3-6-10-34)38-25-17-32(18-26-38)33-19-27-39(28-20-33)42(35-11-7-4-8-12-35)37-23-15-31(16-24-37)30(2)40/h3-28,30H,1-2H3. The molecule has 0 aliphatic rings. The third-order valence-corrected chi connectivity index (χ3v) is 8.24. The third-order valence-electron chi connectivity index (χ3n) is 7.52. The highest BCUT2D eigenvalue weighted by Crippen LogP contribution is 2.38. The Morgan fingerprint density at radius 1 is 0.405 bits per heavy atom. The average Bonchev–Trinajstić information content (AvgIpc) is 3.04. The van der Waals surface area contributed by atoms with Crippen LogP contribution in [0, 0.1) is 6.92 Å². The lowest BCUT2D eigenvalue weighted by molar-refractivity contribution is 1.14. The van der Waals surface area contributed by atoms with Crippen molar-refractivity contribution < 1.29 is 0 Å². The molecule has 1 atom stereocenters. The first kappa shape index (κ1) is 27.8. The molecule has 0 heterocycles. The Kier molecular flexibility index (Phi) is 8.38. The highest BCUT2D eigenvalue weighted by molar-refractivity contribution is 14.1. The molecule has 0 amide bonds. The minimum absolute atomic E-state index is 0.476. The number of para-hydroxylation sites is 2. The van der Waals surface area contributed by atoms with Crippen molar-refractivity contribution in [1.29, 1.82) is 0 Å². The number of halogens is 1. The van der Waals surface area contributed by atoms with E-state index in [1.807, 2.05) is 0 Å². The van der Waals surface area contributed by atoms with Gasteiger partial charge in [0.15, 0.2) is 0 Å². The topological polar surface area (TPSA) is 6.48 Å². The molecule has 2 nitrogen and oxygen atoms in total. The number of hydrogen-bond donors (Lipinski definition) is 0. The fourth-order valence-corrected chi connectivity index (χ4v) is 5.65. The molecule has 6 aromatic rings. The summed E-state index contributed by atoms with van der Waals surface area (Å²) in [6.45, 7) is 4.34. The molecule has 6 rings (SSSR count). The zero-order chi connectivity index (χ0) is 28.9. The predicted octanol–water partition coefficient (Wildman–Crippen LogP) is 12.1. The molecule has 206 valence electrons. The van der Waals surface area contributed by atoms with E-state index in [0.29, 0.717) is 3.92 Å². The lowest BCUT2D eigenvalue weighted by atomic mass is 10.0. The second-order valence-electron chi connectivity index (χ2n) is 10.5. The first-order valence-corrected chi connectivity index (χ1v) is 15.5. The van der Waals surface area contributed by atoms with Gasteiger partial charge in [-0.25, -0.2) is 0 Å². The van der Waals surface area contributed by atoms with E-state index in [1.54, 1.807) is 0 Å². The molecular formula is C39H33IN2. The molecule has 0 aliphatic heterocycles. The van der Waals surface area contributed by atoms with Crippen molar-refractivity contribution in [3.63, 3.8) is 0 Å². The number of benzene rings is 6. The summed E-state index contributed by atoms with van der Waals surface area (Å²) in [4.78, 5) is 4.61. The Balaban J connectivity index is 1.30. The van der Waals surface area contributed by atoms with Crippen molar-refractivity contribution in [3.05, 3.63) is 169 Å². The number of rotatable bonds is 8. The van der Waals surface area contributed by atoms with E-state index in [9.17, 15) is 0 Å². The van der Waals surface area contributed by atoms with Crippen LogP contribution in [-0.4, -0.2) is 0 Å². The summed E-state index contributed by atoms with van der Waals surface area (Å²) in [6, 6.07) is 56.4. The van der Waals surface area contributed by atoms with Crippen LogP contribution in [-0.2, 0) is 0 Å². The molecule has 0 N–H and O–H groups in total. The Hall–Kier alpha value is -4.35. The molecule has 0 radical (unpaired) electrons. The first-order valence-electron chi connectivity index (χ1n) is 14.3. The predicted molar refractivity (Wildman–Crippen MR) is 188 cm³/mol. The Morgan fingerprint density at radius 2 is 0.714 bits per heavy atom. The van der Waals surface area contributed by atoms with Gasteiger partial charge >= 0.3 is 0 Å². The van der Waals surface area contributed by atoms with Gasteiger partial charge < -0.3 is 9.80 Å². The molecule has 0 aromatic heterocycles. The van der Waals surface area contributed by atoms with E-state index in [-0.39, 0.29) is 0 Å². The van der Waals surface area contributed by atoms with Gasteiger partial charge in [-0.15, -0.1) is 0 Å². The third kappa shape index (κ3) is 6.12. The molecule has 0 fully saturated rings. The monoisotopic (exact) mass is 656 g/mol. The highest BCUT2D eigenvalue weighted by atomic mass is 127. The normalized spacial score (nSPS) is 11.6. The summed E-state index contributed by atoms with van der Waals surface area (Å²) in [5.74, 6) is 0. The van der Waals surface area contributed by atoms with Crippen LogP contribution in [0.25, 0.3) is 11.1 Å². The average molecular weight is 657 g/mol. The minimum atomic E-state index is 0.476. The van der Waals surface area contributed by atoms with E-state index < -0.39 is 0 Å². The summed E-state index contributed by atoms with van der Waals surface area (Å²) in [5, 5.41) is 0. The maximum atomic E-state index is 2.47.